The topological polar surface area (TPSA) is 54.7 Å². The number of aromatic nitrogens is 2. The van der Waals surface area contributed by atoms with Gasteiger partial charge in [-0.1, -0.05) is 0 Å². The van der Waals surface area contributed by atoms with Crippen LogP contribution in [-0.4, -0.2) is 22.2 Å². The highest BCUT2D eigenvalue weighted by atomic mass is 19.4. The van der Waals surface area contributed by atoms with Gasteiger partial charge in [-0.2, -0.15) is 13.2 Å². The molecule has 0 spiro atoms. The van der Waals surface area contributed by atoms with Crippen molar-refractivity contribution < 1.29 is 13.2 Å². The van der Waals surface area contributed by atoms with E-state index >= 15 is 0 Å². The summed E-state index contributed by atoms with van der Waals surface area (Å²) in [5, 5.41) is 0. The Balaban J connectivity index is 2.65. The van der Waals surface area contributed by atoms with Crippen molar-refractivity contribution in [2.24, 2.45) is 5.73 Å². The molecule has 1 heterocycles. The first kappa shape index (κ1) is 10.0. The molecule has 0 saturated heterocycles. The van der Waals surface area contributed by atoms with Crippen molar-refractivity contribution in [3.05, 3.63) is 17.7 Å². The Morgan fingerprint density at radius 3 is 2.62 bits per heavy atom. The zero-order chi connectivity index (χ0) is 10.1. The molecule has 0 bridgehead atoms. The molecule has 0 aliphatic heterocycles. The molecule has 1 aromatic heterocycles. The van der Waals surface area contributed by atoms with Crippen molar-refractivity contribution in [3.63, 3.8) is 0 Å². The van der Waals surface area contributed by atoms with Crippen LogP contribution in [0.2, 0.25) is 0 Å². The van der Waals surface area contributed by atoms with Crippen molar-refractivity contribution in [3.8, 4) is 0 Å². The summed E-state index contributed by atoms with van der Waals surface area (Å²) in [5.41, 5.74) is 5.92. The number of rotatable bonds is 2. The number of halogens is 3. The van der Waals surface area contributed by atoms with E-state index in [4.69, 9.17) is 5.73 Å². The summed E-state index contributed by atoms with van der Waals surface area (Å²) in [6.07, 6.45) is -3.28. The molecule has 0 radical (unpaired) electrons. The Bertz CT molecular complexity index is 279. The fraction of sp³-hybridized carbons (Fsp3) is 0.571. The molecule has 3 nitrogen and oxygen atoms in total. The van der Waals surface area contributed by atoms with E-state index in [9.17, 15) is 13.2 Å². The molecule has 1 unspecified atom stereocenters. The molecule has 0 aliphatic carbocycles. The van der Waals surface area contributed by atoms with Crippen LogP contribution in [0, 0.1) is 6.92 Å². The lowest BCUT2D eigenvalue weighted by atomic mass is 10.1. The van der Waals surface area contributed by atoms with Crippen LogP contribution in [0.3, 0.4) is 0 Å². The van der Waals surface area contributed by atoms with Crippen LogP contribution >= 0.6 is 0 Å². The van der Waals surface area contributed by atoms with Crippen molar-refractivity contribution in [2.45, 2.75) is 25.6 Å². The van der Waals surface area contributed by atoms with E-state index in [1.165, 1.54) is 6.33 Å². The number of aryl methyl sites for hydroxylation is 1. The van der Waals surface area contributed by atoms with E-state index in [1.807, 2.05) is 0 Å². The first-order chi connectivity index (χ1) is 5.91. The summed E-state index contributed by atoms with van der Waals surface area (Å²) in [5.74, 6) is 0. The maximum absolute atomic E-state index is 12.0. The van der Waals surface area contributed by atoms with E-state index in [0.29, 0.717) is 11.4 Å². The third-order valence-electron chi connectivity index (χ3n) is 1.77. The fourth-order valence-electron chi connectivity index (χ4n) is 0.917. The second-order valence-corrected chi connectivity index (χ2v) is 2.83. The molecule has 0 amide bonds. The molecule has 0 aromatic carbocycles. The molecular formula is C7H10F3N3. The van der Waals surface area contributed by atoms with E-state index < -0.39 is 12.2 Å². The number of imidazole rings is 1. The van der Waals surface area contributed by atoms with Crippen LogP contribution in [0.4, 0.5) is 13.2 Å². The van der Waals surface area contributed by atoms with Gasteiger partial charge in [0.1, 0.15) is 6.04 Å². The number of alkyl halides is 3. The van der Waals surface area contributed by atoms with Gasteiger partial charge >= 0.3 is 6.18 Å². The van der Waals surface area contributed by atoms with Gasteiger partial charge in [-0.05, 0) is 6.92 Å². The molecule has 0 fully saturated rings. The number of nitrogens with zero attached hydrogens (tertiary/aromatic N) is 1. The van der Waals surface area contributed by atoms with Gasteiger partial charge in [-0.25, -0.2) is 4.98 Å². The SMILES string of the molecule is Cc1[nH]cnc1CC(N)C(F)(F)F. The minimum absolute atomic E-state index is 0.279. The third kappa shape index (κ3) is 2.45. The van der Waals surface area contributed by atoms with Crippen molar-refractivity contribution in [1.29, 1.82) is 0 Å². The molecule has 1 rings (SSSR count). The lowest BCUT2D eigenvalue weighted by Crippen LogP contribution is -2.39. The Kier molecular flexibility index (Phi) is 2.60. The molecule has 6 heteroatoms. The minimum Gasteiger partial charge on any atom is -0.348 e. The van der Waals surface area contributed by atoms with Crippen LogP contribution < -0.4 is 5.73 Å². The normalized spacial score (nSPS) is 14.5. The predicted octanol–water partition coefficient (Wildman–Crippen LogP) is 1.15. The fourth-order valence-corrected chi connectivity index (χ4v) is 0.917. The first-order valence-electron chi connectivity index (χ1n) is 3.72. The Morgan fingerprint density at radius 2 is 2.23 bits per heavy atom. The van der Waals surface area contributed by atoms with E-state index in [-0.39, 0.29) is 6.42 Å². The van der Waals surface area contributed by atoms with E-state index in [0.717, 1.165) is 0 Å². The number of hydrogen-bond acceptors (Lipinski definition) is 2. The van der Waals surface area contributed by atoms with Crippen LogP contribution in [0.15, 0.2) is 6.33 Å². The molecule has 74 valence electrons. The van der Waals surface area contributed by atoms with Crippen LogP contribution in [0.1, 0.15) is 11.4 Å². The van der Waals surface area contributed by atoms with Gasteiger partial charge in [-0.15, -0.1) is 0 Å². The lowest BCUT2D eigenvalue weighted by Gasteiger charge is -2.14. The standard InChI is InChI=1S/C7H10F3N3/c1-4-5(13-3-12-4)2-6(11)7(8,9)10/h3,6H,2,11H2,1H3,(H,12,13). The molecule has 13 heavy (non-hydrogen) atoms. The minimum atomic E-state index is -4.36. The second kappa shape index (κ2) is 3.37. The van der Waals surface area contributed by atoms with Crippen molar-refractivity contribution in [1.82, 2.24) is 9.97 Å². The largest absolute Gasteiger partial charge is 0.404 e. The zero-order valence-corrected chi connectivity index (χ0v) is 7.02. The number of H-pyrrole nitrogens is 1. The van der Waals surface area contributed by atoms with Gasteiger partial charge in [0.05, 0.1) is 12.0 Å². The molecular weight excluding hydrogens is 183 g/mol. The van der Waals surface area contributed by atoms with Gasteiger partial charge in [-0.3, -0.25) is 0 Å². The highest BCUT2D eigenvalue weighted by Crippen LogP contribution is 2.21. The zero-order valence-electron chi connectivity index (χ0n) is 7.02. The van der Waals surface area contributed by atoms with Crippen LogP contribution in [0.25, 0.3) is 0 Å². The monoisotopic (exact) mass is 193 g/mol. The summed E-state index contributed by atoms with van der Waals surface area (Å²) in [6.45, 7) is 1.66. The number of hydrogen-bond donors (Lipinski definition) is 2. The lowest BCUT2D eigenvalue weighted by molar-refractivity contribution is -0.147. The molecule has 1 aromatic rings. The Morgan fingerprint density at radius 1 is 1.62 bits per heavy atom. The molecule has 0 saturated carbocycles. The summed E-state index contributed by atoms with van der Waals surface area (Å²) in [7, 11) is 0. The molecule has 1 atom stereocenters. The maximum Gasteiger partial charge on any atom is 0.404 e. The van der Waals surface area contributed by atoms with Crippen molar-refractivity contribution >= 4 is 0 Å². The second-order valence-electron chi connectivity index (χ2n) is 2.83. The van der Waals surface area contributed by atoms with Crippen LogP contribution in [0.5, 0.6) is 0 Å². The Labute approximate surface area is 73.2 Å². The van der Waals surface area contributed by atoms with E-state index in [1.54, 1.807) is 6.92 Å². The average molecular weight is 193 g/mol. The van der Waals surface area contributed by atoms with Crippen molar-refractivity contribution in [2.75, 3.05) is 0 Å². The van der Waals surface area contributed by atoms with Gasteiger partial charge < -0.3 is 10.7 Å². The number of nitrogens with one attached hydrogen (secondary N) is 1. The summed E-state index contributed by atoms with van der Waals surface area (Å²) < 4.78 is 36.0. The highest BCUT2D eigenvalue weighted by molar-refractivity contribution is 5.10. The summed E-state index contributed by atoms with van der Waals surface area (Å²) in [4.78, 5) is 6.43. The highest BCUT2D eigenvalue weighted by Gasteiger charge is 2.37. The Hall–Kier alpha value is -1.04. The van der Waals surface area contributed by atoms with Gasteiger partial charge in [0.25, 0.3) is 0 Å². The van der Waals surface area contributed by atoms with Gasteiger partial charge in [0, 0.05) is 12.1 Å². The third-order valence-corrected chi connectivity index (χ3v) is 1.77. The average Bonchev–Trinajstić information content (AvgIpc) is 2.34. The number of nitrogens with two attached hydrogens (primary N) is 1. The number of aromatic amines is 1. The predicted molar refractivity (Wildman–Crippen MR) is 41.1 cm³/mol. The van der Waals surface area contributed by atoms with Crippen LogP contribution in [-0.2, 0) is 6.42 Å². The smallest absolute Gasteiger partial charge is 0.348 e. The molecule has 3 N–H and O–H groups in total. The summed E-state index contributed by atoms with van der Waals surface area (Å²) >= 11 is 0. The van der Waals surface area contributed by atoms with Gasteiger partial charge in [0.15, 0.2) is 0 Å². The van der Waals surface area contributed by atoms with E-state index in [2.05, 4.69) is 9.97 Å². The quantitative estimate of drug-likeness (QED) is 0.740. The van der Waals surface area contributed by atoms with Gasteiger partial charge in [0.2, 0.25) is 0 Å². The first-order valence-corrected chi connectivity index (χ1v) is 3.72. The molecule has 0 aliphatic rings. The summed E-state index contributed by atoms with van der Waals surface area (Å²) in [6, 6.07) is -1.84. The maximum atomic E-state index is 12.0.